The lowest BCUT2D eigenvalue weighted by molar-refractivity contribution is 0.0734. The highest BCUT2D eigenvalue weighted by atomic mass is 19.1. The number of halogens is 2. The Morgan fingerprint density at radius 1 is 0.969 bits per heavy atom. The second-order valence-electron chi connectivity index (χ2n) is 7.45. The number of hydrogen-bond donors (Lipinski definition) is 0. The first-order chi connectivity index (χ1) is 15.5. The van der Waals surface area contributed by atoms with E-state index in [0.29, 0.717) is 16.5 Å². The van der Waals surface area contributed by atoms with Crippen molar-refractivity contribution in [3.8, 4) is 22.9 Å². The number of hydrogen-bond acceptors (Lipinski definition) is 3. The van der Waals surface area contributed by atoms with Crippen LogP contribution in [0.25, 0.3) is 21.9 Å². The molecule has 0 spiro atoms. The van der Waals surface area contributed by atoms with Gasteiger partial charge in [-0.15, -0.1) is 0 Å². The van der Waals surface area contributed by atoms with Gasteiger partial charge in [0.1, 0.15) is 23.5 Å². The third-order valence-electron chi connectivity index (χ3n) is 5.26. The molecule has 3 nitrogen and oxygen atoms in total. The molecule has 0 unspecified atom stereocenters. The highest BCUT2D eigenvalue weighted by molar-refractivity contribution is 5.92. The summed E-state index contributed by atoms with van der Waals surface area (Å²) in [6.45, 7) is 2.11. The molecule has 0 saturated heterocycles. The van der Waals surface area contributed by atoms with Gasteiger partial charge in [-0.3, -0.25) is 0 Å². The van der Waals surface area contributed by atoms with E-state index in [-0.39, 0.29) is 22.7 Å². The van der Waals surface area contributed by atoms with E-state index in [1.165, 1.54) is 29.8 Å². The monoisotopic (exact) mass is 427 g/mol. The summed E-state index contributed by atoms with van der Waals surface area (Å²) >= 11 is 0. The lowest BCUT2D eigenvalue weighted by Gasteiger charge is -2.10. The molecule has 0 saturated carbocycles. The minimum absolute atomic E-state index is 0.00130. The van der Waals surface area contributed by atoms with Crippen LogP contribution < -0.4 is 4.74 Å². The maximum absolute atomic E-state index is 15.2. The topological polar surface area (TPSA) is 50.1 Å². The maximum Gasteiger partial charge on any atom is 0.343 e. The molecule has 4 rings (SSSR count). The van der Waals surface area contributed by atoms with Gasteiger partial charge in [-0.05, 0) is 47.2 Å². The van der Waals surface area contributed by atoms with Crippen molar-refractivity contribution in [1.29, 1.82) is 5.26 Å². The third-order valence-corrected chi connectivity index (χ3v) is 5.26. The molecular weight excluding hydrogens is 408 g/mol. The number of aryl methyl sites for hydroxylation is 1. The molecule has 0 bridgehead atoms. The summed E-state index contributed by atoms with van der Waals surface area (Å²) in [4.78, 5) is 12.4. The quantitative estimate of drug-likeness (QED) is 0.259. The van der Waals surface area contributed by atoms with Crippen molar-refractivity contribution in [2.75, 3.05) is 0 Å². The van der Waals surface area contributed by atoms with Gasteiger partial charge in [-0.25, -0.2) is 13.6 Å². The van der Waals surface area contributed by atoms with Crippen molar-refractivity contribution in [3.63, 3.8) is 0 Å². The molecule has 4 aromatic carbocycles. The molecule has 0 fully saturated rings. The first-order valence-corrected chi connectivity index (χ1v) is 10.2. The summed E-state index contributed by atoms with van der Waals surface area (Å²) in [6, 6.07) is 21.0. The van der Waals surface area contributed by atoms with Crippen molar-refractivity contribution in [2.45, 2.75) is 19.8 Å². The minimum Gasteiger partial charge on any atom is -0.423 e. The van der Waals surface area contributed by atoms with Gasteiger partial charge in [0.2, 0.25) is 0 Å². The molecule has 0 amide bonds. The molecule has 0 heterocycles. The standard InChI is InChI=1S/C27H19F2NO2/c1-2-3-17-4-12-24-20(14-17)10-13-23(26(24)29)18-5-7-19(8-6-18)27(31)32-22-11-9-21(16-30)25(28)15-22/h4-15H,2-3H2,1H3. The Hall–Kier alpha value is -4.04. The number of nitrogens with zero attached hydrogens (tertiary/aromatic N) is 1. The van der Waals surface area contributed by atoms with Gasteiger partial charge in [0.25, 0.3) is 0 Å². The van der Waals surface area contributed by atoms with Gasteiger partial charge in [0.15, 0.2) is 0 Å². The Kier molecular flexibility index (Phi) is 5.96. The first kappa shape index (κ1) is 21.2. The molecule has 0 aromatic heterocycles. The SMILES string of the molecule is CCCc1ccc2c(F)c(-c3ccc(C(=O)Oc4ccc(C#N)c(F)c4)cc3)ccc2c1. The zero-order valence-corrected chi connectivity index (χ0v) is 17.4. The largest absolute Gasteiger partial charge is 0.423 e. The van der Waals surface area contributed by atoms with Gasteiger partial charge >= 0.3 is 5.97 Å². The summed E-state index contributed by atoms with van der Waals surface area (Å²) in [5, 5.41) is 10.2. The van der Waals surface area contributed by atoms with Gasteiger partial charge in [0.05, 0.1) is 11.1 Å². The van der Waals surface area contributed by atoms with Crippen LogP contribution in [0.15, 0.2) is 72.8 Å². The Morgan fingerprint density at radius 3 is 2.44 bits per heavy atom. The maximum atomic E-state index is 15.2. The van der Waals surface area contributed by atoms with E-state index in [1.807, 2.05) is 24.3 Å². The fourth-order valence-corrected chi connectivity index (χ4v) is 3.61. The zero-order valence-electron chi connectivity index (χ0n) is 17.4. The van der Waals surface area contributed by atoms with Crippen LogP contribution in [0.2, 0.25) is 0 Å². The molecule has 0 aliphatic heterocycles. The average Bonchev–Trinajstić information content (AvgIpc) is 2.80. The molecular formula is C27H19F2NO2. The fourth-order valence-electron chi connectivity index (χ4n) is 3.61. The first-order valence-electron chi connectivity index (χ1n) is 10.2. The van der Waals surface area contributed by atoms with Crippen molar-refractivity contribution in [3.05, 3.63) is 101 Å². The van der Waals surface area contributed by atoms with Crippen LogP contribution in [0.5, 0.6) is 5.75 Å². The normalized spacial score (nSPS) is 10.7. The summed E-state index contributed by atoms with van der Waals surface area (Å²) in [5.41, 5.74) is 2.35. The number of nitriles is 1. The molecule has 4 aromatic rings. The highest BCUT2D eigenvalue weighted by Gasteiger charge is 2.13. The number of carbonyl (C=O) groups is 1. The predicted molar refractivity (Wildman–Crippen MR) is 119 cm³/mol. The predicted octanol–water partition coefficient (Wildman–Crippen LogP) is 6.83. The van der Waals surface area contributed by atoms with Crippen LogP contribution in [-0.2, 0) is 6.42 Å². The Morgan fingerprint density at radius 2 is 1.75 bits per heavy atom. The molecule has 32 heavy (non-hydrogen) atoms. The average molecular weight is 427 g/mol. The van der Waals surface area contributed by atoms with E-state index < -0.39 is 11.8 Å². The summed E-state index contributed by atoms with van der Waals surface area (Å²) < 4.78 is 34.0. The van der Waals surface area contributed by atoms with Crippen LogP contribution in [0.3, 0.4) is 0 Å². The molecule has 5 heteroatoms. The van der Waals surface area contributed by atoms with Crippen molar-refractivity contribution in [2.24, 2.45) is 0 Å². The number of carbonyl (C=O) groups excluding carboxylic acids is 1. The van der Waals surface area contributed by atoms with Crippen LogP contribution in [0.4, 0.5) is 8.78 Å². The van der Waals surface area contributed by atoms with Gasteiger partial charge < -0.3 is 4.74 Å². The van der Waals surface area contributed by atoms with Crippen molar-refractivity contribution in [1.82, 2.24) is 0 Å². The molecule has 0 aliphatic carbocycles. The number of rotatable bonds is 5. The lowest BCUT2D eigenvalue weighted by Crippen LogP contribution is -2.08. The van der Waals surface area contributed by atoms with Gasteiger partial charge in [-0.1, -0.05) is 55.8 Å². The van der Waals surface area contributed by atoms with E-state index in [1.54, 1.807) is 24.3 Å². The zero-order chi connectivity index (χ0) is 22.7. The molecule has 0 atom stereocenters. The Bertz CT molecular complexity index is 1350. The molecule has 0 aliphatic rings. The van der Waals surface area contributed by atoms with E-state index in [0.717, 1.165) is 24.3 Å². The number of benzene rings is 4. The number of fused-ring (bicyclic) bond motifs is 1. The van der Waals surface area contributed by atoms with E-state index in [4.69, 9.17) is 10.00 Å². The van der Waals surface area contributed by atoms with E-state index in [2.05, 4.69) is 6.92 Å². The van der Waals surface area contributed by atoms with Crippen LogP contribution in [0, 0.1) is 23.0 Å². The second-order valence-corrected chi connectivity index (χ2v) is 7.45. The van der Waals surface area contributed by atoms with Gasteiger partial charge in [0, 0.05) is 17.0 Å². The van der Waals surface area contributed by atoms with E-state index in [9.17, 15) is 9.18 Å². The minimum atomic E-state index is -0.762. The fraction of sp³-hybridized carbons (Fsp3) is 0.111. The lowest BCUT2D eigenvalue weighted by atomic mass is 9.97. The molecule has 158 valence electrons. The van der Waals surface area contributed by atoms with Gasteiger partial charge in [-0.2, -0.15) is 5.26 Å². The highest BCUT2D eigenvalue weighted by Crippen LogP contribution is 2.30. The summed E-state index contributed by atoms with van der Waals surface area (Å²) in [5.74, 6) is -1.75. The van der Waals surface area contributed by atoms with E-state index >= 15 is 4.39 Å². The van der Waals surface area contributed by atoms with Crippen LogP contribution >= 0.6 is 0 Å². The number of esters is 1. The van der Waals surface area contributed by atoms with Crippen LogP contribution in [-0.4, -0.2) is 5.97 Å². The Balaban J connectivity index is 1.56. The summed E-state index contributed by atoms with van der Waals surface area (Å²) in [6.07, 6.45) is 1.98. The summed E-state index contributed by atoms with van der Waals surface area (Å²) in [7, 11) is 0. The van der Waals surface area contributed by atoms with Crippen molar-refractivity contribution >= 4 is 16.7 Å². The number of ether oxygens (including phenoxy) is 1. The smallest absolute Gasteiger partial charge is 0.343 e. The Labute approximate surface area is 184 Å². The molecule has 0 N–H and O–H groups in total. The van der Waals surface area contributed by atoms with Crippen LogP contribution in [0.1, 0.15) is 34.8 Å². The third kappa shape index (κ3) is 4.21. The second kappa shape index (κ2) is 8.99. The van der Waals surface area contributed by atoms with Crippen molar-refractivity contribution < 1.29 is 18.3 Å². The molecule has 0 radical (unpaired) electrons.